The first kappa shape index (κ1) is 19.2. The Labute approximate surface area is 149 Å². The molecule has 1 fully saturated rings. The number of carbonyl (C=O) groups is 2. The molecule has 0 bridgehead atoms. The number of hydrogen-bond donors (Lipinski definition) is 0. The second-order valence-electron chi connectivity index (χ2n) is 7.22. The Hall–Kier alpha value is -2.17. The molecule has 0 N–H and O–H groups in total. The highest BCUT2D eigenvalue weighted by Gasteiger charge is 2.32. The number of benzene rings is 1. The van der Waals surface area contributed by atoms with Crippen LogP contribution in [0.1, 0.15) is 39.7 Å². The topological polar surface area (TPSA) is 40.6 Å². The van der Waals surface area contributed by atoms with Gasteiger partial charge in [0.05, 0.1) is 6.04 Å². The molecular weight excluding hydrogens is 319 g/mol. The molecule has 0 unspecified atom stereocenters. The molecule has 0 aromatic heterocycles. The third kappa shape index (κ3) is 5.15. The molecule has 1 aromatic rings. The van der Waals surface area contributed by atoms with E-state index in [9.17, 15) is 14.0 Å². The first-order valence-electron chi connectivity index (χ1n) is 8.75. The number of halogens is 1. The predicted molar refractivity (Wildman–Crippen MR) is 96.2 cm³/mol. The van der Waals surface area contributed by atoms with Crippen molar-refractivity contribution in [2.75, 3.05) is 13.1 Å². The smallest absolute Gasteiger partial charge is 0.246 e. The highest BCUT2D eigenvalue weighted by molar-refractivity contribution is 5.89. The summed E-state index contributed by atoms with van der Waals surface area (Å²) in [5, 5.41) is 0. The molecule has 0 spiro atoms. The number of hydrogen-bond acceptors (Lipinski definition) is 2. The van der Waals surface area contributed by atoms with Gasteiger partial charge >= 0.3 is 0 Å². The van der Waals surface area contributed by atoms with E-state index in [1.807, 2.05) is 18.7 Å². The summed E-state index contributed by atoms with van der Waals surface area (Å²) in [4.78, 5) is 28.7. The Morgan fingerprint density at radius 2 is 1.92 bits per heavy atom. The molecule has 1 aliphatic rings. The molecule has 1 aliphatic heterocycles. The van der Waals surface area contributed by atoms with E-state index in [1.165, 1.54) is 12.1 Å². The van der Waals surface area contributed by atoms with E-state index in [0.717, 1.165) is 11.1 Å². The van der Waals surface area contributed by atoms with Crippen LogP contribution in [-0.2, 0) is 16.1 Å². The molecule has 25 heavy (non-hydrogen) atoms. The SMILES string of the molecule is CC(C)=CC(=O)N1CCC(=O)N(Cc2ccc(F)cc2)[C@@H](C(C)C)C1. The van der Waals surface area contributed by atoms with E-state index in [0.29, 0.717) is 26.1 Å². The summed E-state index contributed by atoms with van der Waals surface area (Å²) in [6.45, 7) is 9.29. The van der Waals surface area contributed by atoms with Crippen molar-refractivity contribution in [3.8, 4) is 0 Å². The Balaban J connectivity index is 2.23. The molecule has 1 heterocycles. The molecule has 5 heteroatoms. The first-order chi connectivity index (χ1) is 11.8. The lowest BCUT2D eigenvalue weighted by atomic mass is 10.0. The highest BCUT2D eigenvalue weighted by Crippen LogP contribution is 2.21. The summed E-state index contributed by atoms with van der Waals surface area (Å²) in [5.41, 5.74) is 1.84. The van der Waals surface area contributed by atoms with E-state index < -0.39 is 0 Å². The first-order valence-corrected chi connectivity index (χ1v) is 8.75. The summed E-state index contributed by atoms with van der Waals surface area (Å²) in [5.74, 6) is -0.0769. The lowest BCUT2D eigenvalue weighted by molar-refractivity contribution is -0.134. The molecule has 0 radical (unpaired) electrons. The van der Waals surface area contributed by atoms with E-state index in [4.69, 9.17) is 0 Å². The Morgan fingerprint density at radius 1 is 1.28 bits per heavy atom. The highest BCUT2D eigenvalue weighted by atomic mass is 19.1. The number of carbonyl (C=O) groups excluding carboxylic acids is 2. The quantitative estimate of drug-likeness (QED) is 0.784. The van der Waals surface area contributed by atoms with Gasteiger partial charge in [0.25, 0.3) is 0 Å². The van der Waals surface area contributed by atoms with Crippen LogP contribution in [0.5, 0.6) is 0 Å². The Morgan fingerprint density at radius 3 is 2.48 bits per heavy atom. The lowest BCUT2D eigenvalue weighted by Gasteiger charge is -2.34. The minimum absolute atomic E-state index is 0.0375. The van der Waals surface area contributed by atoms with Gasteiger partial charge in [-0.3, -0.25) is 9.59 Å². The summed E-state index contributed by atoms with van der Waals surface area (Å²) < 4.78 is 13.1. The standard InChI is InChI=1S/C20H27FN2O2/c1-14(2)11-20(25)22-10-9-19(24)23(18(13-22)15(3)4)12-16-5-7-17(21)8-6-16/h5-8,11,15,18H,9-10,12-13H2,1-4H3/t18-/m1/s1. The molecule has 1 aromatic carbocycles. The molecule has 0 saturated carbocycles. The van der Waals surface area contributed by atoms with Gasteiger partial charge in [-0.15, -0.1) is 0 Å². The molecule has 4 nitrogen and oxygen atoms in total. The maximum Gasteiger partial charge on any atom is 0.246 e. The third-order valence-corrected chi connectivity index (χ3v) is 4.48. The maximum atomic E-state index is 13.1. The number of amides is 2. The van der Waals surface area contributed by atoms with Crippen LogP contribution in [0.15, 0.2) is 35.9 Å². The van der Waals surface area contributed by atoms with Crippen LogP contribution < -0.4 is 0 Å². The molecule has 2 rings (SSSR count). The summed E-state index contributed by atoms with van der Waals surface area (Å²) in [7, 11) is 0. The van der Waals surface area contributed by atoms with Gasteiger partial charge in [0, 0.05) is 32.1 Å². The van der Waals surface area contributed by atoms with Gasteiger partial charge in [0.2, 0.25) is 11.8 Å². The second kappa shape index (κ2) is 8.28. The average molecular weight is 346 g/mol. The maximum absolute atomic E-state index is 13.1. The van der Waals surface area contributed by atoms with Crippen LogP contribution in [0.2, 0.25) is 0 Å². The minimum atomic E-state index is -0.287. The number of allylic oxidation sites excluding steroid dienone is 1. The van der Waals surface area contributed by atoms with Crippen molar-refractivity contribution in [1.82, 2.24) is 9.80 Å². The van der Waals surface area contributed by atoms with Crippen LogP contribution in [-0.4, -0.2) is 40.7 Å². The average Bonchev–Trinajstić information content (AvgIpc) is 2.69. The van der Waals surface area contributed by atoms with Crippen molar-refractivity contribution < 1.29 is 14.0 Å². The number of nitrogens with zero attached hydrogens (tertiary/aromatic N) is 2. The van der Waals surface area contributed by atoms with Gasteiger partial charge in [-0.05, 0) is 37.5 Å². The predicted octanol–water partition coefficient (Wildman–Crippen LogP) is 3.38. The fraction of sp³-hybridized carbons (Fsp3) is 0.500. The zero-order chi connectivity index (χ0) is 18.6. The van der Waals surface area contributed by atoms with Gasteiger partial charge in [0.1, 0.15) is 5.82 Å². The van der Waals surface area contributed by atoms with E-state index in [-0.39, 0.29) is 29.6 Å². The molecule has 0 aliphatic carbocycles. The van der Waals surface area contributed by atoms with Crippen LogP contribution in [0.25, 0.3) is 0 Å². The van der Waals surface area contributed by atoms with Crippen molar-refractivity contribution in [2.24, 2.45) is 5.92 Å². The van der Waals surface area contributed by atoms with Gasteiger partial charge in [0.15, 0.2) is 0 Å². The summed E-state index contributed by atoms with van der Waals surface area (Å²) >= 11 is 0. The van der Waals surface area contributed by atoms with Crippen molar-refractivity contribution in [3.63, 3.8) is 0 Å². The molecule has 1 atom stereocenters. The fourth-order valence-electron chi connectivity index (χ4n) is 3.08. The van der Waals surface area contributed by atoms with Crippen LogP contribution in [0, 0.1) is 11.7 Å². The van der Waals surface area contributed by atoms with Gasteiger partial charge in [-0.25, -0.2) is 4.39 Å². The van der Waals surface area contributed by atoms with Crippen molar-refractivity contribution >= 4 is 11.8 Å². The summed E-state index contributed by atoms with van der Waals surface area (Å²) in [6, 6.07) is 6.17. The van der Waals surface area contributed by atoms with Gasteiger partial charge in [-0.1, -0.05) is 31.6 Å². The van der Waals surface area contributed by atoms with Gasteiger partial charge < -0.3 is 9.80 Å². The minimum Gasteiger partial charge on any atom is -0.337 e. The monoisotopic (exact) mass is 346 g/mol. The van der Waals surface area contributed by atoms with Crippen molar-refractivity contribution in [3.05, 3.63) is 47.3 Å². The zero-order valence-electron chi connectivity index (χ0n) is 15.5. The van der Waals surface area contributed by atoms with Crippen LogP contribution in [0.3, 0.4) is 0 Å². The zero-order valence-corrected chi connectivity index (χ0v) is 15.5. The fourth-order valence-corrected chi connectivity index (χ4v) is 3.08. The summed E-state index contributed by atoms with van der Waals surface area (Å²) in [6.07, 6.45) is 1.93. The van der Waals surface area contributed by atoms with E-state index in [2.05, 4.69) is 13.8 Å². The van der Waals surface area contributed by atoms with Gasteiger partial charge in [-0.2, -0.15) is 0 Å². The number of rotatable bonds is 4. The molecule has 1 saturated heterocycles. The van der Waals surface area contributed by atoms with E-state index >= 15 is 0 Å². The lowest BCUT2D eigenvalue weighted by Crippen LogP contribution is -2.46. The normalized spacial score (nSPS) is 18.3. The van der Waals surface area contributed by atoms with Crippen LogP contribution >= 0.6 is 0 Å². The van der Waals surface area contributed by atoms with Crippen molar-refractivity contribution in [2.45, 2.75) is 46.7 Å². The molecule has 136 valence electrons. The van der Waals surface area contributed by atoms with E-state index in [1.54, 1.807) is 23.1 Å². The Kier molecular flexibility index (Phi) is 6.34. The van der Waals surface area contributed by atoms with Crippen LogP contribution in [0.4, 0.5) is 4.39 Å². The second-order valence-corrected chi connectivity index (χ2v) is 7.22. The third-order valence-electron chi connectivity index (χ3n) is 4.48. The molecule has 2 amide bonds. The Bertz CT molecular complexity index is 648. The van der Waals surface area contributed by atoms with Crippen molar-refractivity contribution in [1.29, 1.82) is 0 Å². The molecular formula is C20H27FN2O2. The largest absolute Gasteiger partial charge is 0.337 e.